The summed E-state index contributed by atoms with van der Waals surface area (Å²) in [6, 6.07) is 7.80. The monoisotopic (exact) mass is 842 g/mol. The molecule has 332 valence electrons. The van der Waals surface area contributed by atoms with Gasteiger partial charge in [0.25, 0.3) is 0 Å². The summed E-state index contributed by atoms with van der Waals surface area (Å²) in [7, 11) is 8.82. The van der Waals surface area contributed by atoms with Crippen molar-refractivity contribution in [1.29, 1.82) is 0 Å². The van der Waals surface area contributed by atoms with E-state index < -0.39 is 36.3 Å². The maximum absolute atomic E-state index is 14.5. The van der Waals surface area contributed by atoms with Gasteiger partial charge in [-0.3, -0.25) is 24.1 Å². The SMILES string of the molecule is CCC(C)C(C(CC(=O)N1CCC[C@H]1C(OC)C(C)C(=O)NC(Cc1ccccc1)c1nccs1)OC)N(C)C(=O)C(NC(=O)C(C(C)C)N(C)CCCNC)C(C)C. The van der Waals surface area contributed by atoms with Crippen molar-refractivity contribution in [2.75, 3.05) is 55.0 Å². The van der Waals surface area contributed by atoms with Gasteiger partial charge in [0.15, 0.2) is 0 Å². The van der Waals surface area contributed by atoms with Gasteiger partial charge in [0, 0.05) is 39.4 Å². The Balaban J connectivity index is 1.78. The minimum Gasteiger partial charge on any atom is -0.379 e. The molecule has 59 heavy (non-hydrogen) atoms. The molecule has 1 aliphatic rings. The zero-order valence-electron chi connectivity index (χ0n) is 37.9. The van der Waals surface area contributed by atoms with Crippen LogP contribution < -0.4 is 16.0 Å². The Morgan fingerprint density at radius 3 is 2.22 bits per heavy atom. The number of thiazole rings is 1. The topological polar surface area (TPSA) is 145 Å². The molecule has 0 spiro atoms. The second kappa shape index (κ2) is 24.7. The molecular weight excluding hydrogens is 767 g/mol. The van der Waals surface area contributed by atoms with Crippen LogP contribution in [0.3, 0.4) is 0 Å². The van der Waals surface area contributed by atoms with Crippen LogP contribution in [0.4, 0.5) is 0 Å². The number of likely N-dealkylation sites (tertiary alicyclic amines) is 1. The van der Waals surface area contributed by atoms with Crippen LogP contribution in [0, 0.1) is 23.7 Å². The quantitative estimate of drug-likeness (QED) is 0.115. The van der Waals surface area contributed by atoms with E-state index in [1.165, 1.54) is 11.3 Å². The van der Waals surface area contributed by atoms with Crippen molar-refractivity contribution in [2.45, 2.75) is 129 Å². The molecule has 3 N–H and O–H groups in total. The smallest absolute Gasteiger partial charge is 0.245 e. The van der Waals surface area contributed by atoms with Gasteiger partial charge in [0.05, 0.1) is 48.7 Å². The number of carbonyl (C=O) groups excluding carboxylic acids is 4. The number of benzene rings is 1. The van der Waals surface area contributed by atoms with E-state index in [0.717, 1.165) is 42.9 Å². The van der Waals surface area contributed by atoms with Crippen molar-refractivity contribution >= 4 is 35.0 Å². The lowest BCUT2D eigenvalue weighted by atomic mass is 9.89. The van der Waals surface area contributed by atoms with Crippen LogP contribution >= 0.6 is 11.3 Å². The third-order valence-corrected chi connectivity index (χ3v) is 13.0. The van der Waals surface area contributed by atoms with E-state index in [4.69, 9.17) is 9.47 Å². The minimum atomic E-state index is -0.764. The van der Waals surface area contributed by atoms with E-state index in [1.807, 2.05) is 89.3 Å². The van der Waals surface area contributed by atoms with Gasteiger partial charge in [-0.15, -0.1) is 11.3 Å². The fourth-order valence-electron chi connectivity index (χ4n) is 8.69. The maximum atomic E-state index is 14.5. The number of nitrogens with zero attached hydrogens (tertiary/aromatic N) is 4. The first-order valence-electron chi connectivity index (χ1n) is 21.6. The number of likely N-dealkylation sites (N-methyl/N-ethyl adjacent to an activating group) is 2. The lowest BCUT2D eigenvalue weighted by Gasteiger charge is -2.41. The lowest BCUT2D eigenvalue weighted by molar-refractivity contribution is -0.148. The van der Waals surface area contributed by atoms with Gasteiger partial charge in [-0.25, -0.2) is 4.98 Å². The Bertz CT molecular complexity index is 1560. The van der Waals surface area contributed by atoms with Crippen molar-refractivity contribution in [2.24, 2.45) is 23.7 Å². The highest BCUT2D eigenvalue weighted by molar-refractivity contribution is 7.09. The van der Waals surface area contributed by atoms with Gasteiger partial charge >= 0.3 is 0 Å². The summed E-state index contributed by atoms with van der Waals surface area (Å²) in [6.45, 7) is 16.1. The largest absolute Gasteiger partial charge is 0.379 e. The molecule has 1 fully saturated rings. The fraction of sp³-hybridized carbons (Fsp3) is 0.711. The molecule has 2 aromatic rings. The number of carbonyl (C=O) groups is 4. The zero-order valence-corrected chi connectivity index (χ0v) is 38.7. The zero-order chi connectivity index (χ0) is 43.8. The average molecular weight is 842 g/mol. The van der Waals surface area contributed by atoms with E-state index >= 15 is 0 Å². The molecule has 8 unspecified atom stereocenters. The second-order valence-corrected chi connectivity index (χ2v) is 18.0. The van der Waals surface area contributed by atoms with Crippen molar-refractivity contribution in [3.05, 3.63) is 52.5 Å². The fourth-order valence-corrected chi connectivity index (χ4v) is 9.38. The van der Waals surface area contributed by atoms with Crippen LogP contribution in [-0.2, 0) is 35.1 Å². The van der Waals surface area contributed by atoms with E-state index in [0.29, 0.717) is 19.4 Å². The number of amides is 4. The van der Waals surface area contributed by atoms with Gasteiger partial charge in [-0.2, -0.15) is 0 Å². The molecule has 3 rings (SSSR count). The summed E-state index contributed by atoms with van der Waals surface area (Å²) in [5.74, 6) is -1.37. The predicted molar refractivity (Wildman–Crippen MR) is 236 cm³/mol. The molecule has 2 heterocycles. The highest BCUT2D eigenvalue weighted by Crippen LogP contribution is 2.30. The number of ether oxygens (including phenoxy) is 2. The van der Waals surface area contributed by atoms with Crippen LogP contribution in [0.25, 0.3) is 0 Å². The summed E-state index contributed by atoms with van der Waals surface area (Å²) in [6.07, 6.45) is 4.36. The summed E-state index contributed by atoms with van der Waals surface area (Å²) < 4.78 is 12.2. The van der Waals surface area contributed by atoms with Crippen LogP contribution in [-0.4, -0.2) is 135 Å². The van der Waals surface area contributed by atoms with E-state index in [2.05, 4.69) is 39.7 Å². The number of hydrogen-bond donors (Lipinski definition) is 3. The van der Waals surface area contributed by atoms with Crippen molar-refractivity contribution < 1.29 is 28.7 Å². The predicted octanol–water partition coefficient (Wildman–Crippen LogP) is 5.17. The first-order valence-corrected chi connectivity index (χ1v) is 22.5. The van der Waals surface area contributed by atoms with E-state index in [-0.39, 0.29) is 59.9 Å². The summed E-state index contributed by atoms with van der Waals surface area (Å²) in [4.78, 5) is 66.8. The Morgan fingerprint density at radius 2 is 1.66 bits per heavy atom. The highest BCUT2D eigenvalue weighted by atomic mass is 32.1. The normalized spacial score (nSPS) is 18.6. The molecule has 9 atom stereocenters. The summed E-state index contributed by atoms with van der Waals surface area (Å²) >= 11 is 1.51. The molecular formula is C45H75N7O6S. The van der Waals surface area contributed by atoms with Gasteiger partial charge in [-0.1, -0.05) is 85.2 Å². The van der Waals surface area contributed by atoms with Gasteiger partial charge in [0.2, 0.25) is 23.6 Å². The number of hydrogen-bond acceptors (Lipinski definition) is 10. The average Bonchev–Trinajstić information content (AvgIpc) is 3.93. The molecule has 14 heteroatoms. The standard InChI is InChI=1S/C45H75N7O6S/c1-13-31(6)40(51(10)45(56)38(29(2)3)49-43(55)39(30(4)5)50(9)24-18-22-46-8)36(57-11)28-37(53)52-25-17-21-35(52)41(58-12)32(7)42(54)48-34(44-47-23-26-59-44)27-33-19-15-14-16-20-33/h14-16,19-20,23,26,29-32,34-36,38-41,46H,13,17-18,21-22,24-25,27-28H2,1-12H3,(H,48,54)(H,49,55)/t31?,32?,34?,35-,36?,38?,39?,40?,41?/m0/s1. The molecule has 0 radical (unpaired) electrons. The molecule has 0 saturated carbocycles. The van der Waals surface area contributed by atoms with E-state index in [9.17, 15) is 19.2 Å². The molecule has 0 bridgehead atoms. The molecule has 1 aromatic carbocycles. The van der Waals surface area contributed by atoms with Crippen LogP contribution in [0.15, 0.2) is 41.9 Å². The summed E-state index contributed by atoms with van der Waals surface area (Å²) in [5, 5.41) is 12.3. The second-order valence-electron chi connectivity index (χ2n) is 17.1. The van der Waals surface area contributed by atoms with Crippen LogP contribution in [0.1, 0.15) is 97.2 Å². The molecule has 0 aliphatic carbocycles. The maximum Gasteiger partial charge on any atom is 0.245 e. The Labute approximate surface area is 358 Å². The first kappa shape index (κ1) is 49.9. The van der Waals surface area contributed by atoms with Crippen molar-refractivity contribution in [3.63, 3.8) is 0 Å². The molecule has 1 saturated heterocycles. The minimum absolute atomic E-state index is 0.0154. The highest BCUT2D eigenvalue weighted by Gasteiger charge is 2.43. The Kier molecular flexibility index (Phi) is 20.9. The number of aromatic nitrogens is 1. The number of rotatable bonds is 25. The molecule has 1 aliphatic heterocycles. The molecule has 4 amide bonds. The first-order chi connectivity index (χ1) is 28.1. The van der Waals surface area contributed by atoms with Crippen LogP contribution in [0.5, 0.6) is 0 Å². The summed E-state index contributed by atoms with van der Waals surface area (Å²) in [5.41, 5.74) is 1.09. The van der Waals surface area contributed by atoms with Crippen LogP contribution in [0.2, 0.25) is 0 Å². The lowest BCUT2D eigenvalue weighted by Crippen LogP contribution is -2.60. The van der Waals surface area contributed by atoms with Gasteiger partial charge < -0.3 is 35.2 Å². The third-order valence-electron chi connectivity index (χ3n) is 12.2. The number of methoxy groups -OCH3 is 2. The Morgan fingerprint density at radius 1 is 0.966 bits per heavy atom. The van der Waals surface area contributed by atoms with Crippen molar-refractivity contribution in [3.8, 4) is 0 Å². The third kappa shape index (κ3) is 13.8. The van der Waals surface area contributed by atoms with Gasteiger partial charge in [-0.05, 0) is 76.2 Å². The Hall–Kier alpha value is -3.43. The van der Waals surface area contributed by atoms with Crippen molar-refractivity contribution in [1.82, 2.24) is 35.6 Å². The van der Waals surface area contributed by atoms with Gasteiger partial charge in [0.1, 0.15) is 11.0 Å². The van der Waals surface area contributed by atoms with E-state index in [1.54, 1.807) is 32.4 Å². The number of nitrogens with one attached hydrogen (secondary N) is 3. The molecule has 1 aromatic heterocycles. The molecule has 13 nitrogen and oxygen atoms in total.